The Morgan fingerprint density at radius 2 is 2.38 bits per heavy atom. The molecular weight excluding hydrogens is 222 g/mol. The van der Waals surface area contributed by atoms with Crippen LogP contribution in [0, 0.1) is 0 Å². The Morgan fingerprint density at radius 3 is 3.06 bits per heavy atom. The summed E-state index contributed by atoms with van der Waals surface area (Å²) in [6.07, 6.45) is 3.66. The lowest BCUT2D eigenvalue weighted by Gasteiger charge is -2.20. The second kappa shape index (κ2) is 4.25. The van der Waals surface area contributed by atoms with Gasteiger partial charge in [0.05, 0.1) is 6.54 Å². The number of anilines is 1. The maximum atomic E-state index is 5.56. The van der Waals surface area contributed by atoms with Crippen LogP contribution in [0.2, 0.25) is 0 Å². The van der Waals surface area contributed by atoms with Gasteiger partial charge in [-0.05, 0) is 24.3 Å². The molecule has 5 heteroatoms. The van der Waals surface area contributed by atoms with Gasteiger partial charge in [-0.1, -0.05) is 17.6 Å². The molecule has 2 aromatic rings. The molecule has 2 heterocycles. The molecule has 0 aromatic carbocycles. The van der Waals surface area contributed by atoms with Crippen LogP contribution in [0.25, 0.3) is 0 Å². The van der Waals surface area contributed by atoms with E-state index in [1.165, 1.54) is 24.1 Å². The van der Waals surface area contributed by atoms with Crippen molar-refractivity contribution >= 4 is 17.4 Å². The van der Waals surface area contributed by atoms with E-state index >= 15 is 0 Å². The second-order valence-electron chi connectivity index (χ2n) is 4.01. The van der Waals surface area contributed by atoms with E-state index in [4.69, 9.17) is 4.42 Å². The highest BCUT2D eigenvalue weighted by molar-refractivity contribution is 7.09. The Labute approximate surface area is 97.7 Å². The topological polar surface area (TPSA) is 51.0 Å². The summed E-state index contributed by atoms with van der Waals surface area (Å²) in [5, 5.41) is 13.3. The summed E-state index contributed by atoms with van der Waals surface area (Å²) in [4.78, 5) is 1.27. The molecule has 0 spiro atoms. The first-order chi connectivity index (χ1) is 7.92. The molecule has 1 aliphatic rings. The molecule has 1 aliphatic carbocycles. The largest absolute Gasteiger partial charge is 0.408 e. The number of hydrogen-bond acceptors (Lipinski definition) is 5. The van der Waals surface area contributed by atoms with Crippen LogP contribution in [0.3, 0.4) is 0 Å². The fourth-order valence-corrected chi connectivity index (χ4v) is 2.35. The Hall–Kier alpha value is -1.36. The molecule has 0 aliphatic heterocycles. The predicted octanol–water partition coefficient (Wildman–Crippen LogP) is 3.01. The molecule has 1 saturated carbocycles. The molecule has 1 N–H and O–H groups in total. The van der Waals surface area contributed by atoms with Gasteiger partial charge in [0.1, 0.15) is 0 Å². The molecule has 3 rings (SSSR count). The first-order valence-corrected chi connectivity index (χ1v) is 6.39. The van der Waals surface area contributed by atoms with Crippen molar-refractivity contribution in [2.75, 3.05) is 5.32 Å². The minimum atomic E-state index is 0.504. The van der Waals surface area contributed by atoms with Gasteiger partial charge in [-0.25, -0.2) is 0 Å². The van der Waals surface area contributed by atoms with E-state index in [2.05, 4.69) is 27.0 Å². The quantitative estimate of drug-likeness (QED) is 0.885. The van der Waals surface area contributed by atoms with E-state index in [0.717, 1.165) is 12.4 Å². The van der Waals surface area contributed by atoms with Crippen LogP contribution < -0.4 is 5.32 Å². The lowest BCUT2D eigenvalue weighted by atomic mass is 9.85. The zero-order valence-electron chi connectivity index (χ0n) is 8.85. The van der Waals surface area contributed by atoms with Gasteiger partial charge in [-0.3, -0.25) is 0 Å². The maximum absolute atomic E-state index is 5.56. The summed E-state index contributed by atoms with van der Waals surface area (Å²) in [7, 11) is 0. The van der Waals surface area contributed by atoms with Crippen LogP contribution in [-0.2, 0) is 6.54 Å². The normalized spacial score (nSPS) is 16.0. The molecule has 0 unspecified atom stereocenters. The second-order valence-corrected chi connectivity index (χ2v) is 5.04. The van der Waals surface area contributed by atoms with Crippen molar-refractivity contribution < 1.29 is 4.42 Å². The molecule has 84 valence electrons. The van der Waals surface area contributed by atoms with Crippen molar-refractivity contribution in [3.63, 3.8) is 0 Å². The molecular formula is C11H13N3OS. The van der Waals surface area contributed by atoms with E-state index in [-0.39, 0.29) is 0 Å². The molecule has 0 saturated heterocycles. The average Bonchev–Trinajstić information content (AvgIpc) is 2.81. The summed E-state index contributed by atoms with van der Waals surface area (Å²) < 4.78 is 5.56. The molecule has 2 aromatic heterocycles. The third kappa shape index (κ3) is 1.95. The first-order valence-electron chi connectivity index (χ1n) is 5.51. The van der Waals surface area contributed by atoms with Crippen LogP contribution in [0.4, 0.5) is 6.01 Å². The van der Waals surface area contributed by atoms with Gasteiger partial charge in [0.15, 0.2) is 0 Å². The van der Waals surface area contributed by atoms with Crippen molar-refractivity contribution in [3.8, 4) is 0 Å². The van der Waals surface area contributed by atoms with Crippen LogP contribution in [0.1, 0.15) is 35.9 Å². The van der Waals surface area contributed by atoms with Crippen molar-refractivity contribution in [3.05, 3.63) is 28.3 Å². The van der Waals surface area contributed by atoms with E-state index in [1.807, 2.05) is 6.07 Å². The van der Waals surface area contributed by atoms with Crippen LogP contribution in [0.5, 0.6) is 0 Å². The van der Waals surface area contributed by atoms with E-state index < -0.39 is 0 Å². The van der Waals surface area contributed by atoms with E-state index in [9.17, 15) is 0 Å². The summed E-state index contributed by atoms with van der Waals surface area (Å²) in [5.74, 6) is 1.30. The third-order valence-electron chi connectivity index (χ3n) is 2.89. The monoisotopic (exact) mass is 235 g/mol. The van der Waals surface area contributed by atoms with E-state index in [1.54, 1.807) is 11.3 Å². The maximum Gasteiger partial charge on any atom is 0.315 e. The Kier molecular flexibility index (Phi) is 2.61. The van der Waals surface area contributed by atoms with Crippen LogP contribution >= 0.6 is 11.3 Å². The molecule has 0 atom stereocenters. The molecule has 0 amide bonds. The van der Waals surface area contributed by atoms with Crippen LogP contribution in [0.15, 0.2) is 21.9 Å². The van der Waals surface area contributed by atoms with Crippen molar-refractivity contribution in [2.45, 2.75) is 31.7 Å². The SMILES string of the molecule is c1csc(CNc2nnc(C3CCC3)o2)c1. The number of aromatic nitrogens is 2. The van der Waals surface area contributed by atoms with Gasteiger partial charge >= 0.3 is 6.01 Å². The molecule has 1 fully saturated rings. The number of nitrogens with one attached hydrogen (secondary N) is 1. The van der Waals surface area contributed by atoms with Crippen LogP contribution in [-0.4, -0.2) is 10.2 Å². The summed E-state index contributed by atoms with van der Waals surface area (Å²) in [6.45, 7) is 0.754. The zero-order valence-corrected chi connectivity index (χ0v) is 9.67. The Bertz CT molecular complexity index is 448. The highest BCUT2D eigenvalue weighted by atomic mass is 32.1. The number of hydrogen-bond donors (Lipinski definition) is 1. The fourth-order valence-electron chi connectivity index (χ4n) is 1.70. The summed E-state index contributed by atoms with van der Waals surface area (Å²) in [5.41, 5.74) is 0. The Morgan fingerprint density at radius 1 is 1.44 bits per heavy atom. The van der Waals surface area contributed by atoms with E-state index in [0.29, 0.717) is 11.9 Å². The molecule has 16 heavy (non-hydrogen) atoms. The summed E-state index contributed by atoms with van der Waals surface area (Å²) >= 11 is 1.72. The average molecular weight is 235 g/mol. The van der Waals surface area contributed by atoms with Gasteiger partial charge < -0.3 is 9.73 Å². The molecule has 0 radical (unpaired) electrons. The number of rotatable bonds is 4. The molecule has 4 nitrogen and oxygen atoms in total. The van der Waals surface area contributed by atoms with Gasteiger partial charge in [-0.2, -0.15) is 0 Å². The number of nitrogens with zero attached hydrogens (tertiary/aromatic N) is 2. The fraction of sp³-hybridized carbons (Fsp3) is 0.455. The smallest absolute Gasteiger partial charge is 0.315 e. The Balaban J connectivity index is 1.60. The highest BCUT2D eigenvalue weighted by Crippen LogP contribution is 2.35. The highest BCUT2D eigenvalue weighted by Gasteiger charge is 2.24. The minimum Gasteiger partial charge on any atom is -0.408 e. The van der Waals surface area contributed by atoms with Gasteiger partial charge in [0.25, 0.3) is 0 Å². The summed E-state index contributed by atoms with van der Waals surface area (Å²) in [6, 6.07) is 4.66. The lowest BCUT2D eigenvalue weighted by Crippen LogP contribution is -2.08. The minimum absolute atomic E-state index is 0.504. The lowest BCUT2D eigenvalue weighted by molar-refractivity contribution is 0.338. The van der Waals surface area contributed by atoms with Gasteiger partial charge in [0.2, 0.25) is 5.89 Å². The predicted molar refractivity (Wildman–Crippen MR) is 62.5 cm³/mol. The molecule has 0 bridgehead atoms. The van der Waals surface area contributed by atoms with Crippen molar-refractivity contribution in [1.82, 2.24) is 10.2 Å². The van der Waals surface area contributed by atoms with Gasteiger partial charge in [-0.15, -0.1) is 16.4 Å². The van der Waals surface area contributed by atoms with Gasteiger partial charge in [0, 0.05) is 10.8 Å². The standard InChI is InChI=1S/C11H13N3OS/c1-3-8(4-1)10-13-14-11(15-10)12-7-9-5-2-6-16-9/h2,5-6,8H,1,3-4,7H2,(H,12,14). The van der Waals surface area contributed by atoms with Crippen molar-refractivity contribution in [2.24, 2.45) is 0 Å². The zero-order chi connectivity index (χ0) is 10.8. The third-order valence-corrected chi connectivity index (χ3v) is 3.77. The van der Waals surface area contributed by atoms with Crippen molar-refractivity contribution in [1.29, 1.82) is 0 Å². The first kappa shape index (κ1) is 9.84. The number of thiophene rings is 1.